The smallest absolute Gasteiger partial charge is 0.326 e. The molecule has 0 aromatic carbocycles. The van der Waals surface area contributed by atoms with E-state index in [1.165, 1.54) is 0 Å². The molecule has 5 atom stereocenters. The zero-order chi connectivity index (χ0) is 25.1. The lowest BCUT2D eigenvalue weighted by atomic mass is 9.97. The maximum Gasteiger partial charge on any atom is 0.326 e. The van der Waals surface area contributed by atoms with E-state index >= 15 is 0 Å². The number of rotatable bonds is 14. The summed E-state index contributed by atoms with van der Waals surface area (Å²) in [6.07, 6.45) is 0.885. The molecule has 1 heterocycles. The fraction of sp³-hybridized carbons (Fsp3) is 0.700. The summed E-state index contributed by atoms with van der Waals surface area (Å²) in [4.78, 5) is 72.0. The van der Waals surface area contributed by atoms with Gasteiger partial charge in [-0.2, -0.15) is 0 Å². The lowest BCUT2D eigenvalue weighted by Gasteiger charge is -2.27. The van der Waals surface area contributed by atoms with Gasteiger partial charge in [-0.25, -0.2) is 4.79 Å². The van der Waals surface area contributed by atoms with Gasteiger partial charge in [0, 0.05) is 6.42 Å². The minimum absolute atomic E-state index is 0.216. The third-order valence-electron chi connectivity index (χ3n) is 5.50. The molecule has 0 aromatic heterocycles. The Balaban J connectivity index is 2.95. The van der Waals surface area contributed by atoms with E-state index in [4.69, 9.17) is 11.5 Å². The van der Waals surface area contributed by atoms with Crippen molar-refractivity contribution in [2.75, 3.05) is 6.54 Å². The average molecular weight is 471 g/mol. The normalized spacial score (nSPS) is 18.9. The van der Waals surface area contributed by atoms with Crippen molar-refractivity contribution >= 4 is 35.5 Å². The molecule has 0 bridgehead atoms. The quantitative estimate of drug-likeness (QED) is 0.143. The summed E-state index contributed by atoms with van der Waals surface area (Å²) >= 11 is 0. The molecular weight excluding hydrogens is 436 g/mol. The highest BCUT2D eigenvalue weighted by molar-refractivity contribution is 5.96. The highest BCUT2D eigenvalue weighted by Gasteiger charge is 2.34. The number of carbonyl (C=O) groups excluding carboxylic acids is 5. The molecule has 1 aliphatic rings. The topological polar surface area (TPSA) is 223 Å². The number of hydrogen-bond acceptors (Lipinski definition) is 7. The lowest BCUT2D eigenvalue weighted by molar-refractivity contribution is -0.143. The van der Waals surface area contributed by atoms with Gasteiger partial charge < -0.3 is 37.8 Å². The number of aliphatic carboxylic acids is 1. The van der Waals surface area contributed by atoms with E-state index in [0.717, 1.165) is 6.42 Å². The van der Waals surface area contributed by atoms with Crippen LogP contribution in [0, 0.1) is 5.92 Å². The number of nitrogens with one attached hydrogen (secondary N) is 4. The van der Waals surface area contributed by atoms with Crippen LogP contribution in [-0.2, 0) is 28.8 Å². The summed E-state index contributed by atoms with van der Waals surface area (Å²) in [6.45, 7) is 4.10. The third kappa shape index (κ3) is 9.43. The molecule has 0 saturated carbocycles. The minimum atomic E-state index is -1.39. The molecule has 0 aromatic rings. The Morgan fingerprint density at radius 3 is 2.15 bits per heavy atom. The second-order valence-electron chi connectivity index (χ2n) is 8.16. The van der Waals surface area contributed by atoms with Crippen molar-refractivity contribution in [2.45, 2.75) is 76.5 Å². The first-order chi connectivity index (χ1) is 15.5. The summed E-state index contributed by atoms with van der Waals surface area (Å²) in [5.74, 6) is -5.36. The Hall–Kier alpha value is -3.22. The van der Waals surface area contributed by atoms with Gasteiger partial charge in [0.05, 0.1) is 12.5 Å². The van der Waals surface area contributed by atoms with Crippen LogP contribution in [0.15, 0.2) is 0 Å². The molecule has 0 radical (unpaired) electrons. The Bertz CT molecular complexity index is 753. The molecule has 33 heavy (non-hydrogen) atoms. The second kappa shape index (κ2) is 13.4. The van der Waals surface area contributed by atoms with E-state index in [0.29, 0.717) is 19.4 Å². The SMILES string of the molecule is CCC(C)C(NC(=O)C(CC(N)=O)NC(=O)C1CCCN1)C(=O)NC(CCC(N)=O)C(=O)O. The fourth-order valence-corrected chi connectivity index (χ4v) is 3.35. The maximum absolute atomic E-state index is 12.9. The van der Waals surface area contributed by atoms with Crippen molar-refractivity contribution in [3.05, 3.63) is 0 Å². The van der Waals surface area contributed by atoms with E-state index in [9.17, 15) is 33.9 Å². The van der Waals surface area contributed by atoms with Gasteiger partial charge in [0.25, 0.3) is 0 Å². The van der Waals surface area contributed by atoms with Crippen molar-refractivity contribution in [2.24, 2.45) is 17.4 Å². The number of amides is 5. The fourth-order valence-electron chi connectivity index (χ4n) is 3.35. The summed E-state index contributed by atoms with van der Waals surface area (Å²) in [7, 11) is 0. The number of carbonyl (C=O) groups is 6. The second-order valence-corrected chi connectivity index (χ2v) is 8.16. The Morgan fingerprint density at radius 1 is 1.00 bits per heavy atom. The zero-order valence-electron chi connectivity index (χ0n) is 18.9. The van der Waals surface area contributed by atoms with Gasteiger partial charge in [0.1, 0.15) is 18.1 Å². The molecule has 5 unspecified atom stereocenters. The number of nitrogens with two attached hydrogens (primary N) is 2. The van der Waals surface area contributed by atoms with Crippen LogP contribution >= 0.6 is 0 Å². The van der Waals surface area contributed by atoms with Crippen molar-refractivity contribution in [3.8, 4) is 0 Å². The molecule has 0 spiro atoms. The predicted molar refractivity (Wildman–Crippen MR) is 116 cm³/mol. The van der Waals surface area contributed by atoms with Gasteiger partial charge in [0.15, 0.2) is 0 Å². The third-order valence-corrected chi connectivity index (χ3v) is 5.50. The van der Waals surface area contributed by atoms with Gasteiger partial charge in [-0.05, 0) is 31.7 Å². The minimum Gasteiger partial charge on any atom is -0.480 e. The van der Waals surface area contributed by atoms with Gasteiger partial charge in [-0.15, -0.1) is 0 Å². The van der Waals surface area contributed by atoms with E-state index in [-0.39, 0.29) is 12.8 Å². The molecule has 0 aliphatic carbocycles. The van der Waals surface area contributed by atoms with Crippen molar-refractivity contribution in [1.82, 2.24) is 21.3 Å². The highest BCUT2D eigenvalue weighted by Crippen LogP contribution is 2.11. The summed E-state index contributed by atoms with van der Waals surface area (Å²) < 4.78 is 0. The Kier molecular flexibility index (Phi) is 11.3. The number of carboxylic acids is 1. The van der Waals surface area contributed by atoms with Crippen LogP contribution in [0.5, 0.6) is 0 Å². The van der Waals surface area contributed by atoms with Crippen LogP contribution in [-0.4, -0.2) is 71.3 Å². The van der Waals surface area contributed by atoms with Crippen LogP contribution in [0.25, 0.3) is 0 Å². The standard InChI is InChI=1S/C20H34N6O7/c1-3-10(2)16(19(31)24-12(20(32)33)6-7-14(21)27)26-18(30)13(9-15(22)28)25-17(29)11-5-4-8-23-11/h10-13,16,23H,3-9H2,1-2H3,(H2,21,27)(H2,22,28)(H,24,31)(H,25,29)(H,26,30)(H,32,33). The molecule has 1 fully saturated rings. The van der Waals surface area contributed by atoms with Gasteiger partial charge in [-0.1, -0.05) is 20.3 Å². The Labute approximate surface area is 191 Å². The molecule has 1 rings (SSSR count). The molecule has 1 saturated heterocycles. The van der Waals surface area contributed by atoms with E-state index in [1.807, 2.05) is 0 Å². The van der Waals surface area contributed by atoms with Crippen LogP contribution in [0.2, 0.25) is 0 Å². The molecule has 13 heteroatoms. The molecule has 186 valence electrons. The summed E-state index contributed by atoms with van der Waals surface area (Å²) in [5, 5.41) is 19.6. The van der Waals surface area contributed by atoms with Gasteiger partial charge in [0.2, 0.25) is 29.5 Å². The van der Waals surface area contributed by atoms with Crippen LogP contribution in [0.4, 0.5) is 0 Å². The highest BCUT2D eigenvalue weighted by atomic mass is 16.4. The van der Waals surface area contributed by atoms with E-state index in [2.05, 4.69) is 21.3 Å². The van der Waals surface area contributed by atoms with Crippen LogP contribution in [0.3, 0.4) is 0 Å². The first-order valence-corrected chi connectivity index (χ1v) is 10.9. The monoisotopic (exact) mass is 470 g/mol. The van der Waals surface area contributed by atoms with Crippen LogP contribution in [0.1, 0.15) is 52.4 Å². The first-order valence-electron chi connectivity index (χ1n) is 10.9. The predicted octanol–water partition coefficient (Wildman–Crippen LogP) is -2.54. The Morgan fingerprint density at radius 2 is 1.67 bits per heavy atom. The molecule has 13 nitrogen and oxygen atoms in total. The summed E-state index contributed by atoms with van der Waals surface area (Å²) in [5.41, 5.74) is 10.3. The molecule has 1 aliphatic heterocycles. The van der Waals surface area contributed by atoms with Crippen molar-refractivity contribution in [1.29, 1.82) is 0 Å². The van der Waals surface area contributed by atoms with Crippen molar-refractivity contribution in [3.63, 3.8) is 0 Å². The summed E-state index contributed by atoms with van der Waals surface area (Å²) in [6, 6.07) is -4.34. The molecular formula is C20H34N6O7. The molecule has 5 amide bonds. The number of carboxylic acid groups (broad SMARTS) is 1. The number of primary amides is 2. The first kappa shape index (κ1) is 27.8. The zero-order valence-corrected chi connectivity index (χ0v) is 18.9. The average Bonchev–Trinajstić information content (AvgIpc) is 3.27. The van der Waals surface area contributed by atoms with Gasteiger partial charge in [-0.3, -0.25) is 24.0 Å². The number of hydrogen-bond donors (Lipinski definition) is 7. The largest absolute Gasteiger partial charge is 0.480 e. The molecule has 9 N–H and O–H groups in total. The van der Waals surface area contributed by atoms with Gasteiger partial charge >= 0.3 is 5.97 Å². The van der Waals surface area contributed by atoms with Crippen molar-refractivity contribution < 1.29 is 33.9 Å². The van der Waals surface area contributed by atoms with E-state index < -0.39 is 72.0 Å². The van der Waals surface area contributed by atoms with E-state index in [1.54, 1.807) is 13.8 Å². The maximum atomic E-state index is 12.9. The lowest BCUT2D eigenvalue weighted by Crippen LogP contribution is -2.59. The van der Waals surface area contributed by atoms with Crippen LogP contribution < -0.4 is 32.7 Å².